The van der Waals surface area contributed by atoms with Crippen molar-refractivity contribution in [1.29, 1.82) is 0 Å². The summed E-state index contributed by atoms with van der Waals surface area (Å²) in [5.41, 5.74) is 4.72. The number of hydrogen-bond donors (Lipinski definition) is 0. The van der Waals surface area contributed by atoms with Gasteiger partial charge in [-0.15, -0.1) is 0 Å². The van der Waals surface area contributed by atoms with Crippen molar-refractivity contribution in [3.05, 3.63) is 82.2 Å². The van der Waals surface area contributed by atoms with Crippen molar-refractivity contribution < 1.29 is 14.0 Å². The second kappa shape index (κ2) is 8.90. The highest BCUT2D eigenvalue weighted by atomic mass is 35.5. The maximum Gasteiger partial charge on any atom is 0.172 e. The molecule has 2 aliphatic heterocycles. The Hall–Kier alpha value is -3.32. The number of methoxy groups -OCH3 is 1. The van der Waals surface area contributed by atoms with Crippen LogP contribution in [0.3, 0.4) is 0 Å². The highest BCUT2D eigenvalue weighted by molar-refractivity contribution is 6.30. The molecule has 0 amide bonds. The van der Waals surface area contributed by atoms with Crippen LogP contribution in [0.2, 0.25) is 5.02 Å². The molecule has 8 heteroatoms. The SMILES string of the molecule is COc1cc(/C=C2\CCCN3C2=NOC[C@@H]3c2cc(F)cc(Cl)c2)ccc1-n1cnc(C)c1. The van der Waals surface area contributed by atoms with E-state index in [-0.39, 0.29) is 11.9 Å². The molecule has 0 saturated carbocycles. The summed E-state index contributed by atoms with van der Waals surface area (Å²) in [4.78, 5) is 12.1. The third-order valence-electron chi connectivity index (χ3n) is 5.97. The lowest BCUT2D eigenvalue weighted by molar-refractivity contribution is 0.0574. The minimum Gasteiger partial charge on any atom is -0.495 e. The van der Waals surface area contributed by atoms with Crippen LogP contribution in [0.1, 0.15) is 35.7 Å². The summed E-state index contributed by atoms with van der Waals surface area (Å²) in [7, 11) is 1.66. The first-order valence-corrected chi connectivity index (χ1v) is 11.2. The first kappa shape index (κ1) is 21.5. The van der Waals surface area contributed by atoms with Crippen LogP contribution in [0.25, 0.3) is 11.8 Å². The lowest BCUT2D eigenvalue weighted by atomic mass is 9.96. The van der Waals surface area contributed by atoms with Gasteiger partial charge in [-0.1, -0.05) is 22.8 Å². The minimum atomic E-state index is -0.352. The van der Waals surface area contributed by atoms with E-state index in [4.69, 9.17) is 21.2 Å². The van der Waals surface area contributed by atoms with Gasteiger partial charge in [-0.05, 0) is 72.9 Å². The molecular formula is C25H24ClFN4O2. The van der Waals surface area contributed by atoms with Crippen LogP contribution in [-0.2, 0) is 4.84 Å². The maximum atomic E-state index is 14.0. The monoisotopic (exact) mass is 466 g/mol. The number of imidazole rings is 1. The molecule has 1 saturated heterocycles. The normalized spacial score (nSPS) is 19.2. The summed E-state index contributed by atoms with van der Waals surface area (Å²) >= 11 is 6.11. The second-order valence-corrected chi connectivity index (χ2v) is 8.69. The Morgan fingerprint density at radius 1 is 1.24 bits per heavy atom. The van der Waals surface area contributed by atoms with Gasteiger partial charge in [0.25, 0.3) is 0 Å². The Morgan fingerprint density at radius 2 is 2.12 bits per heavy atom. The van der Waals surface area contributed by atoms with E-state index in [1.807, 2.05) is 35.9 Å². The van der Waals surface area contributed by atoms with Crippen molar-refractivity contribution in [2.24, 2.45) is 5.16 Å². The number of halogens is 2. The number of piperidine rings is 1. The third kappa shape index (κ3) is 4.33. The fourth-order valence-electron chi connectivity index (χ4n) is 4.45. The van der Waals surface area contributed by atoms with Crippen molar-refractivity contribution in [2.45, 2.75) is 25.8 Å². The number of benzene rings is 2. The number of oxime groups is 1. The van der Waals surface area contributed by atoms with Crippen LogP contribution in [0, 0.1) is 12.7 Å². The van der Waals surface area contributed by atoms with Gasteiger partial charge in [0.2, 0.25) is 0 Å². The Balaban J connectivity index is 1.46. The smallest absolute Gasteiger partial charge is 0.172 e. The van der Waals surface area contributed by atoms with Crippen LogP contribution >= 0.6 is 11.6 Å². The van der Waals surface area contributed by atoms with E-state index in [0.717, 1.165) is 59.1 Å². The van der Waals surface area contributed by atoms with Gasteiger partial charge in [0, 0.05) is 17.8 Å². The van der Waals surface area contributed by atoms with E-state index in [2.05, 4.69) is 21.1 Å². The molecule has 5 rings (SSSR count). The molecule has 0 radical (unpaired) electrons. The van der Waals surface area contributed by atoms with E-state index in [1.165, 1.54) is 12.1 Å². The minimum absolute atomic E-state index is 0.143. The molecule has 2 aromatic carbocycles. The van der Waals surface area contributed by atoms with Crippen LogP contribution in [0.4, 0.5) is 4.39 Å². The van der Waals surface area contributed by atoms with Gasteiger partial charge in [0.05, 0.1) is 30.9 Å². The molecule has 6 nitrogen and oxygen atoms in total. The largest absolute Gasteiger partial charge is 0.495 e. The van der Waals surface area contributed by atoms with Gasteiger partial charge < -0.3 is 19.0 Å². The van der Waals surface area contributed by atoms with Crippen molar-refractivity contribution >= 4 is 23.5 Å². The van der Waals surface area contributed by atoms with E-state index < -0.39 is 0 Å². The fourth-order valence-corrected chi connectivity index (χ4v) is 4.68. The average molecular weight is 467 g/mol. The number of hydrogen-bond acceptors (Lipinski definition) is 5. The predicted octanol–water partition coefficient (Wildman–Crippen LogP) is 5.55. The molecule has 0 bridgehead atoms. The Bertz CT molecular complexity index is 1230. The summed E-state index contributed by atoms with van der Waals surface area (Å²) in [6.45, 7) is 3.12. The first-order chi connectivity index (χ1) is 16.0. The zero-order valence-electron chi connectivity index (χ0n) is 18.5. The summed E-state index contributed by atoms with van der Waals surface area (Å²) in [5, 5.41) is 4.74. The highest BCUT2D eigenvalue weighted by Gasteiger charge is 2.33. The van der Waals surface area contributed by atoms with Crippen molar-refractivity contribution in [3.63, 3.8) is 0 Å². The molecular weight excluding hydrogens is 443 g/mol. The molecule has 3 heterocycles. The van der Waals surface area contributed by atoms with Gasteiger partial charge in [0.1, 0.15) is 18.2 Å². The zero-order chi connectivity index (χ0) is 22.9. The van der Waals surface area contributed by atoms with Gasteiger partial charge in [-0.25, -0.2) is 9.37 Å². The average Bonchev–Trinajstić information content (AvgIpc) is 3.24. The number of amidine groups is 1. The molecule has 0 N–H and O–H groups in total. The molecule has 1 atom stereocenters. The van der Waals surface area contributed by atoms with Crippen molar-refractivity contribution in [3.8, 4) is 11.4 Å². The van der Waals surface area contributed by atoms with E-state index in [9.17, 15) is 4.39 Å². The molecule has 1 aromatic heterocycles. The van der Waals surface area contributed by atoms with E-state index in [0.29, 0.717) is 11.6 Å². The van der Waals surface area contributed by atoms with E-state index >= 15 is 0 Å². The van der Waals surface area contributed by atoms with Crippen LogP contribution in [-0.4, -0.2) is 40.5 Å². The molecule has 0 aliphatic carbocycles. The lowest BCUT2D eigenvalue weighted by Crippen LogP contribution is -2.44. The molecule has 170 valence electrons. The number of aryl methyl sites for hydroxylation is 1. The molecule has 33 heavy (non-hydrogen) atoms. The number of rotatable bonds is 4. The summed E-state index contributed by atoms with van der Waals surface area (Å²) in [6.07, 6.45) is 7.69. The van der Waals surface area contributed by atoms with Gasteiger partial charge in [-0.3, -0.25) is 0 Å². The van der Waals surface area contributed by atoms with Crippen molar-refractivity contribution in [1.82, 2.24) is 14.5 Å². The van der Waals surface area contributed by atoms with Crippen LogP contribution in [0.15, 0.2) is 59.7 Å². The lowest BCUT2D eigenvalue weighted by Gasteiger charge is -2.40. The molecule has 3 aromatic rings. The van der Waals surface area contributed by atoms with E-state index in [1.54, 1.807) is 19.5 Å². The van der Waals surface area contributed by atoms with Crippen LogP contribution < -0.4 is 4.74 Å². The maximum absolute atomic E-state index is 14.0. The second-order valence-electron chi connectivity index (χ2n) is 8.25. The number of fused-ring (bicyclic) bond motifs is 1. The first-order valence-electron chi connectivity index (χ1n) is 10.8. The van der Waals surface area contributed by atoms with Crippen LogP contribution in [0.5, 0.6) is 5.75 Å². The predicted molar refractivity (Wildman–Crippen MR) is 126 cm³/mol. The van der Waals surface area contributed by atoms with Gasteiger partial charge in [-0.2, -0.15) is 0 Å². The molecule has 2 aliphatic rings. The van der Waals surface area contributed by atoms with Gasteiger partial charge in [0.15, 0.2) is 5.84 Å². The highest BCUT2D eigenvalue weighted by Crippen LogP contribution is 2.34. The van der Waals surface area contributed by atoms with Crippen molar-refractivity contribution in [2.75, 3.05) is 20.3 Å². The topological polar surface area (TPSA) is 51.9 Å². The summed E-state index contributed by atoms with van der Waals surface area (Å²) in [6, 6.07) is 10.5. The molecule has 0 unspecified atom stereocenters. The number of nitrogens with zero attached hydrogens (tertiary/aromatic N) is 4. The zero-order valence-corrected chi connectivity index (χ0v) is 19.2. The Kier molecular flexibility index (Phi) is 5.81. The fraction of sp³-hybridized carbons (Fsp3) is 0.280. The van der Waals surface area contributed by atoms with Gasteiger partial charge >= 0.3 is 0 Å². The Labute approximate surface area is 196 Å². The molecule has 1 fully saturated rings. The Morgan fingerprint density at radius 3 is 2.88 bits per heavy atom. The number of aromatic nitrogens is 2. The molecule has 0 spiro atoms. The third-order valence-corrected chi connectivity index (χ3v) is 6.19. The standard InChI is InChI=1S/C25H24ClFN4O2/c1-16-13-30(15-28-16)22-6-5-17(9-24(22)32-2)8-18-4-3-7-31-23(14-33-29-25(18)31)19-10-20(26)12-21(27)11-19/h5-6,8-13,15,23H,3-4,7,14H2,1-2H3/b18-8+/t23-/m1/s1. The quantitative estimate of drug-likeness (QED) is 0.506. The summed E-state index contributed by atoms with van der Waals surface area (Å²) in [5.74, 6) is 1.18. The summed E-state index contributed by atoms with van der Waals surface area (Å²) < 4.78 is 21.6. The number of ether oxygens (including phenoxy) is 1.